The Balaban J connectivity index is 4.62. The van der Waals surface area contributed by atoms with Crippen LogP contribution >= 0.6 is 34.8 Å². The van der Waals surface area contributed by atoms with Crippen molar-refractivity contribution in [2.75, 3.05) is 0 Å². The topological polar surface area (TPSA) is 26.3 Å². The van der Waals surface area contributed by atoms with Gasteiger partial charge in [-0.15, -0.1) is 0 Å². The van der Waals surface area contributed by atoms with Crippen LogP contribution in [0.5, 0.6) is 0 Å². The molecule has 0 heterocycles. The van der Waals surface area contributed by atoms with Crippen LogP contribution in [0.3, 0.4) is 0 Å². The van der Waals surface area contributed by atoms with Crippen LogP contribution in [0.15, 0.2) is 0 Å². The van der Waals surface area contributed by atoms with Gasteiger partial charge in [0.15, 0.2) is 0 Å². The van der Waals surface area contributed by atoms with E-state index in [2.05, 4.69) is 0 Å². The lowest BCUT2D eigenvalue weighted by atomic mass is 10.2. The minimum atomic E-state index is -2.18. The van der Waals surface area contributed by atoms with Gasteiger partial charge in [0.1, 0.15) is 0 Å². The maximum Gasteiger partial charge on any atom is 0.345 e. The third-order valence-electron chi connectivity index (χ3n) is 2.39. The number of carbonyl (C=O) groups is 1. The maximum atomic E-state index is 11.3. The molecule has 0 amide bonds. The van der Waals surface area contributed by atoms with Crippen LogP contribution in [0.4, 0.5) is 0 Å². The van der Waals surface area contributed by atoms with Gasteiger partial charge >= 0.3 is 5.97 Å². The fourth-order valence-electron chi connectivity index (χ4n) is 0.443. The minimum Gasteiger partial charge on any atom is -0.516 e. The van der Waals surface area contributed by atoms with E-state index in [1.807, 2.05) is 33.9 Å². The smallest absolute Gasteiger partial charge is 0.345 e. The Hall–Kier alpha value is 0.557. The summed E-state index contributed by atoms with van der Waals surface area (Å²) in [4.78, 5) is 11.3. The van der Waals surface area contributed by atoms with Crippen LogP contribution in [0.25, 0.3) is 0 Å². The third kappa shape index (κ3) is 3.97. The van der Waals surface area contributed by atoms with E-state index in [4.69, 9.17) is 39.2 Å². The highest BCUT2D eigenvalue weighted by atomic mass is 35.6. The van der Waals surface area contributed by atoms with Gasteiger partial charge in [-0.05, 0) is 18.1 Å². The van der Waals surface area contributed by atoms with Crippen molar-refractivity contribution in [3.05, 3.63) is 0 Å². The van der Waals surface area contributed by atoms with Crippen LogP contribution < -0.4 is 0 Å². The Bertz CT molecular complexity index is 228. The largest absolute Gasteiger partial charge is 0.516 e. The first-order valence-electron chi connectivity index (χ1n) is 4.18. The third-order valence-corrected chi connectivity index (χ3v) is 7.16. The Kier molecular flexibility index (Phi) is 4.37. The number of halogens is 3. The van der Waals surface area contributed by atoms with Crippen LogP contribution in [-0.4, -0.2) is 18.1 Å². The van der Waals surface area contributed by atoms with E-state index in [1.54, 1.807) is 0 Å². The van der Waals surface area contributed by atoms with Gasteiger partial charge in [0.05, 0.1) is 0 Å². The Morgan fingerprint density at radius 1 is 1.14 bits per heavy atom. The van der Waals surface area contributed by atoms with Gasteiger partial charge in [-0.1, -0.05) is 55.6 Å². The number of hydrogen-bond donors (Lipinski definition) is 0. The van der Waals surface area contributed by atoms with Gasteiger partial charge in [-0.3, -0.25) is 0 Å². The van der Waals surface area contributed by atoms with Gasteiger partial charge in [0.25, 0.3) is 12.1 Å². The molecule has 0 aliphatic heterocycles. The van der Waals surface area contributed by atoms with Crippen LogP contribution in [0, 0.1) is 0 Å². The molecule has 0 aromatic rings. The number of rotatable bonds is 1. The second-order valence-corrected chi connectivity index (χ2v) is 11.7. The average molecular weight is 278 g/mol. The van der Waals surface area contributed by atoms with Gasteiger partial charge in [0, 0.05) is 0 Å². The number of hydrogen-bond acceptors (Lipinski definition) is 2. The summed E-state index contributed by atoms with van der Waals surface area (Å²) < 4.78 is 3.29. The predicted octanol–water partition coefficient (Wildman–Crippen LogP) is 3.91. The first kappa shape index (κ1) is 14.6. The molecule has 0 rings (SSSR count). The highest BCUT2D eigenvalue weighted by molar-refractivity contribution is 6.80. The first-order chi connectivity index (χ1) is 5.88. The Labute approximate surface area is 101 Å². The molecule has 0 unspecified atom stereocenters. The molecule has 0 N–H and O–H groups in total. The molecule has 0 aliphatic carbocycles. The zero-order valence-corrected chi connectivity index (χ0v) is 12.2. The first-order valence-corrected chi connectivity index (χ1v) is 8.22. The van der Waals surface area contributed by atoms with E-state index in [0.717, 1.165) is 0 Å². The Morgan fingerprint density at radius 3 is 1.71 bits per heavy atom. The molecule has 6 heteroatoms. The lowest BCUT2D eigenvalue weighted by Crippen LogP contribution is -2.45. The van der Waals surface area contributed by atoms with Crippen LogP contribution in [-0.2, 0) is 9.22 Å². The lowest BCUT2D eigenvalue weighted by Gasteiger charge is -2.36. The summed E-state index contributed by atoms with van der Waals surface area (Å²) in [5.74, 6) is -0.783. The second-order valence-electron chi connectivity index (χ2n) is 4.65. The van der Waals surface area contributed by atoms with E-state index >= 15 is 0 Å². The fraction of sp³-hybridized carbons (Fsp3) is 0.875. The standard InChI is InChI=1S/C8H15Cl3O2Si/c1-7(2,3)14(4,5)13-6(12)8(9,10)11/h1-5H3. The Morgan fingerprint density at radius 2 is 1.50 bits per heavy atom. The zero-order valence-electron chi connectivity index (χ0n) is 8.95. The number of carbonyl (C=O) groups excluding carboxylic acids is 1. The van der Waals surface area contributed by atoms with Gasteiger partial charge in [-0.25, -0.2) is 4.79 Å². The molecule has 0 aromatic heterocycles. The highest BCUT2D eigenvalue weighted by Crippen LogP contribution is 2.39. The molecule has 0 aliphatic rings. The van der Waals surface area contributed by atoms with Crippen LogP contribution in [0.1, 0.15) is 20.8 Å². The fourth-order valence-corrected chi connectivity index (χ4v) is 1.68. The van der Waals surface area contributed by atoms with Crippen molar-refractivity contribution >= 4 is 49.1 Å². The van der Waals surface area contributed by atoms with Crippen molar-refractivity contribution in [1.82, 2.24) is 0 Å². The zero-order chi connectivity index (χ0) is 11.8. The summed E-state index contributed by atoms with van der Waals surface area (Å²) in [6, 6.07) is 0. The normalized spacial score (nSPS) is 14.0. The molecule has 0 spiro atoms. The van der Waals surface area contributed by atoms with Gasteiger partial charge in [0.2, 0.25) is 0 Å². The summed E-state index contributed by atoms with van der Waals surface area (Å²) >= 11 is 16.3. The van der Waals surface area contributed by atoms with E-state index in [0.29, 0.717) is 0 Å². The molecular formula is C8H15Cl3O2Si. The van der Waals surface area contributed by atoms with Crippen molar-refractivity contribution in [2.24, 2.45) is 0 Å². The average Bonchev–Trinajstić information content (AvgIpc) is 1.80. The molecule has 0 bridgehead atoms. The summed E-state index contributed by atoms with van der Waals surface area (Å²) in [5, 5.41) is -0.0847. The quantitative estimate of drug-likeness (QED) is 0.537. The second kappa shape index (κ2) is 4.20. The predicted molar refractivity (Wildman–Crippen MR) is 63.6 cm³/mol. The summed E-state index contributed by atoms with van der Waals surface area (Å²) in [6.45, 7) is 9.85. The van der Waals surface area contributed by atoms with E-state index < -0.39 is 18.1 Å². The van der Waals surface area contributed by atoms with Crippen molar-refractivity contribution in [1.29, 1.82) is 0 Å². The molecule has 0 radical (unpaired) electrons. The van der Waals surface area contributed by atoms with Crippen molar-refractivity contribution in [2.45, 2.75) is 42.7 Å². The van der Waals surface area contributed by atoms with Gasteiger partial charge < -0.3 is 4.43 Å². The molecule has 0 aromatic carbocycles. The molecule has 0 atom stereocenters. The monoisotopic (exact) mass is 276 g/mol. The number of alkyl halides is 3. The molecule has 0 saturated carbocycles. The maximum absolute atomic E-state index is 11.3. The van der Waals surface area contributed by atoms with Gasteiger partial charge in [-0.2, -0.15) is 0 Å². The summed E-state index contributed by atoms with van der Waals surface area (Å²) in [5.41, 5.74) is 0. The minimum absolute atomic E-state index is 0.0847. The van der Waals surface area contributed by atoms with E-state index in [1.165, 1.54) is 0 Å². The highest BCUT2D eigenvalue weighted by Gasteiger charge is 2.44. The van der Waals surface area contributed by atoms with E-state index in [-0.39, 0.29) is 5.04 Å². The lowest BCUT2D eigenvalue weighted by molar-refractivity contribution is -0.134. The summed E-state index contributed by atoms with van der Waals surface area (Å²) in [7, 11) is -2.18. The molecule has 84 valence electrons. The molecule has 0 saturated heterocycles. The van der Waals surface area contributed by atoms with Crippen molar-refractivity contribution < 1.29 is 9.22 Å². The van der Waals surface area contributed by atoms with Crippen molar-refractivity contribution in [3.8, 4) is 0 Å². The van der Waals surface area contributed by atoms with Crippen molar-refractivity contribution in [3.63, 3.8) is 0 Å². The summed E-state index contributed by atoms with van der Waals surface area (Å²) in [6.07, 6.45) is 0. The SMILES string of the molecule is CC(C)(C)[Si](C)(C)OC(=O)C(Cl)(Cl)Cl. The molecule has 0 fully saturated rings. The molecule has 2 nitrogen and oxygen atoms in total. The van der Waals surface area contributed by atoms with Crippen LogP contribution in [0.2, 0.25) is 18.1 Å². The van der Waals surface area contributed by atoms with E-state index in [9.17, 15) is 4.79 Å². The molecular weight excluding hydrogens is 263 g/mol. The molecule has 14 heavy (non-hydrogen) atoms.